The maximum absolute atomic E-state index is 13.1. The number of benzene rings is 1. The zero-order chi connectivity index (χ0) is 14.9. The van der Waals surface area contributed by atoms with Crippen LogP contribution >= 0.6 is 0 Å². The molecule has 0 radical (unpaired) electrons. The number of dihydropyridines is 1. The summed E-state index contributed by atoms with van der Waals surface area (Å²) in [6, 6.07) is 7.69. The monoisotopic (exact) mass is 307 g/mol. The molecule has 1 atom stereocenters. The van der Waals surface area contributed by atoms with E-state index in [2.05, 4.69) is 10.3 Å². The molecule has 1 N–H and O–H groups in total. The summed E-state index contributed by atoms with van der Waals surface area (Å²) in [4.78, 5) is 5.05. The van der Waals surface area contributed by atoms with E-state index in [0.717, 1.165) is 27.2 Å². The topological polar surface area (TPSA) is 46.9 Å². The number of nitrogens with one attached hydrogen (secondary N) is 1. The van der Waals surface area contributed by atoms with Gasteiger partial charge in [-0.25, -0.2) is 13.2 Å². The van der Waals surface area contributed by atoms with Crippen LogP contribution in [0.3, 0.4) is 0 Å². The number of para-hydroxylation sites is 2. The van der Waals surface area contributed by atoms with Gasteiger partial charge in [-0.2, -0.15) is 0 Å². The summed E-state index contributed by atoms with van der Waals surface area (Å²) in [5, 5.41) is 3.20. The van der Waals surface area contributed by atoms with Crippen LogP contribution < -0.4 is 5.32 Å². The van der Waals surface area contributed by atoms with Crippen LogP contribution in [0.1, 0.15) is 0 Å². The van der Waals surface area contributed by atoms with Gasteiger partial charge in [0.2, 0.25) is 0 Å². The molecule has 2 heterocycles. The van der Waals surface area contributed by atoms with Gasteiger partial charge in [-0.3, -0.25) is 0 Å². The molecule has 0 saturated carbocycles. The van der Waals surface area contributed by atoms with E-state index in [4.69, 9.17) is 0 Å². The fraction of sp³-hybridized carbons (Fsp3) is 0. The summed E-state index contributed by atoms with van der Waals surface area (Å²) in [6.07, 6.45) is 15.1. The van der Waals surface area contributed by atoms with Gasteiger partial charge in [0.25, 0.3) is 0 Å². The van der Waals surface area contributed by atoms with Gasteiger partial charge in [0.15, 0.2) is 11.0 Å². The molecule has 22 heavy (non-hydrogen) atoms. The van der Waals surface area contributed by atoms with Crippen LogP contribution in [-0.2, 0) is 11.0 Å². The summed E-state index contributed by atoms with van der Waals surface area (Å²) >= 11 is 0. The average Bonchev–Trinajstić information content (AvgIpc) is 2.87. The molecular formula is C17H13N3OS. The number of aromatic nitrogens is 2. The maximum atomic E-state index is 13.1. The van der Waals surface area contributed by atoms with Crippen molar-refractivity contribution in [3.63, 3.8) is 0 Å². The van der Waals surface area contributed by atoms with Crippen LogP contribution in [0, 0.1) is 0 Å². The molecule has 108 valence electrons. The van der Waals surface area contributed by atoms with Crippen LogP contribution in [0.2, 0.25) is 0 Å². The molecule has 0 saturated heterocycles. The quantitative estimate of drug-likeness (QED) is 0.928. The van der Waals surface area contributed by atoms with E-state index in [1.165, 1.54) is 0 Å². The lowest BCUT2D eigenvalue weighted by Gasteiger charge is -2.15. The van der Waals surface area contributed by atoms with Gasteiger partial charge < -0.3 is 5.32 Å². The fourth-order valence-corrected chi connectivity index (χ4v) is 3.73. The zero-order valence-electron chi connectivity index (χ0n) is 11.6. The molecule has 4 nitrogen and oxygen atoms in total. The molecule has 1 aliphatic heterocycles. The number of nitrogens with zero attached hydrogens (tertiary/aromatic N) is 2. The van der Waals surface area contributed by atoms with Crippen molar-refractivity contribution in [2.75, 3.05) is 0 Å². The Balaban J connectivity index is 1.87. The van der Waals surface area contributed by atoms with E-state index in [1.54, 1.807) is 10.3 Å². The van der Waals surface area contributed by atoms with E-state index in [0.29, 0.717) is 0 Å². The van der Waals surface area contributed by atoms with Crippen molar-refractivity contribution < 1.29 is 4.21 Å². The number of rotatable bonds is 2. The lowest BCUT2D eigenvalue weighted by atomic mass is 10.1. The van der Waals surface area contributed by atoms with Crippen molar-refractivity contribution >= 4 is 22.0 Å². The highest BCUT2D eigenvalue weighted by atomic mass is 32.2. The first-order chi connectivity index (χ1) is 10.8. The van der Waals surface area contributed by atoms with E-state index in [9.17, 15) is 4.21 Å². The van der Waals surface area contributed by atoms with Gasteiger partial charge in [0.05, 0.1) is 21.6 Å². The maximum Gasteiger partial charge on any atom is 0.160 e. The first-order valence-electron chi connectivity index (χ1n) is 6.92. The standard InChI is InChI=1S/C17H13N3OS/c21-22(20-12-19-14-8-2-3-9-15(14)20)16-10-4-1-6-13-7-5-11-18-17(13)16/h1-12,18H. The van der Waals surface area contributed by atoms with Crippen molar-refractivity contribution in [1.82, 2.24) is 14.3 Å². The number of hydrogen-bond donors (Lipinski definition) is 1. The molecule has 1 aliphatic carbocycles. The molecule has 0 spiro atoms. The number of allylic oxidation sites excluding steroid dienone is 6. The molecule has 1 aromatic carbocycles. The molecule has 0 bridgehead atoms. The normalized spacial score (nSPS) is 17.9. The summed E-state index contributed by atoms with van der Waals surface area (Å²) < 4.78 is 14.8. The Morgan fingerprint density at radius 3 is 2.91 bits per heavy atom. The molecule has 1 aromatic heterocycles. The van der Waals surface area contributed by atoms with Gasteiger partial charge in [0, 0.05) is 6.20 Å². The number of hydrogen-bond acceptors (Lipinski definition) is 3. The van der Waals surface area contributed by atoms with E-state index < -0.39 is 11.0 Å². The minimum atomic E-state index is -1.37. The molecule has 0 amide bonds. The Hall–Kier alpha value is -2.66. The first kappa shape index (κ1) is 13.0. The molecular weight excluding hydrogens is 294 g/mol. The van der Waals surface area contributed by atoms with Gasteiger partial charge in [-0.05, 0) is 29.9 Å². The first-order valence-corrected chi connectivity index (χ1v) is 8.02. The van der Waals surface area contributed by atoms with Gasteiger partial charge in [-0.1, -0.05) is 36.4 Å². The molecule has 1 unspecified atom stereocenters. The Labute approximate surface area is 130 Å². The average molecular weight is 307 g/mol. The van der Waals surface area contributed by atoms with Crippen molar-refractivity contribution in [2.24, 2.45) is 0 Å². The Kier molecular flexibility index (Phi) is 3.12. The summed E-state index contributed by atoms with van der Waals surface area (Å²) in [5.74, 6) is 0. The van der Waals surface area contributed by atoms with Gasteiger partial charge in [-0.15, -0.1) is 0 Å². The van der Waals surface area contributed by atoms with Crippen molar-refractivity contribution in [1.29, 1.82) is 0 Å². The minimum Gasteiger partial charge on any atom is -0.360 e. The summed E-state index contributed by atoms with van der Waals surface area (Å²) in [6.45, 7) is 0. The van der Waals surface area contributed by atoms with E-state index >= 15 is 0 Å². The third kappa shape index (κ3) is 2.07. The highest BCUT2D eigenvalue weighted by Gasteiger charge is 2.19. The zero-order valence-corrected chi connectivity index (χ0v) is 12.5. The molecule has 5 heteroatoms. The van der Waals surface area contributed by atoms with E-state index in [-0.39, 0.29) is 0 Å². The third-order valence-electron chi connectivity index (χ3n) is 3.56. The lowest BCUT2D eigenvalue weighted by Crippen LogP contribution is -2.16. The molecule has 2 aliphatic rings. The third-order valence-corrected chi connectivity index (χ3v) is 4.92. The van der Waals surface area contributed by atoms with Crippen LogP contribution in [0.25, 0.3) is 11.0 Å². The van der Waals surface area contributed by atoms with Crippen LogP contribution in [0.15, 0.2) is 89.4 Å². The number of imidazole rings is 1. The Morgan fingerprint density at radius 1 is 1.09 bits per heavy atom. The predicted molar refractivity (Wildman–Crippen MR) is 88.9 cm³/mol. The molecule has 0 fully saturated rings. The summed E-state index contributed by atoms with van der Waals surface area (Å²) in [7, 11) is -1.37. The van der Waals surface area contributed by atoms with E-state index in [1.807, 2.05) is 66.9 Å². The SMILES string of the molecule is O=S(C1=C2NC=CC=C2C=CC=C1)n1cnc2ccccc21. The largest absolute Gasteiger partial charge is 0.360 e. The predicted octanol–water partition coefficient (Wildman–Crippen LogP) is 2.93. The second kappa shape index (κ2) is 5.27. The number of fused-ring (bicyclic) bond motifs is 2. The van der Waals surface area contributed by atoms with Crippen LogP contribution in [0.5, 0.6) is 0 Å². The highest BCUT2D eigenvalue weighted by molar-refractivity contribution is 7.87. The van der Waals surface area contributed by atoms with Gasteiger partial charge in [0.1, 0.15) is 6.33 Å². The summed E-state index contributed by atoms with van der Waals surface area (Å²) in [5.41, 5.74) is 3.57. The van der Waals surface area contributed by atoms with Crippen molar-refractivity contribution in [2.45, 2.75) is 0 Å². The van der Waals surface area contributed by atoms with Crippen molar-refractivity contribution in [3.8, 4) is 0 Å². The Morgan fingerprint density at radius 2 is 1.95 bits per heavy atom. The molecule has 2 aromatic rings. The highest BCUT2D eigenvalue weighted by Crippen LogP contribution is 2.25. The second-order valence-corrected chi connectivity index (χ2v) is 6.22. The van der Waals surface area contributed by atoms with Crippen LogP contribution in [0.4, 0.5) is 0 Å². The van der Waals surface area contributed by atoms with Crippen molar-refractivity contribution in [3.05, 3.63) is 89.4 Å². The van der Waals surface area contributed by atoms with Gasteiger partial charge >= 0.3 is 0 Å². The fourth-order valence-electron chi connectivity index (χ4n) is 2.51. The lowest BCUT2D eigenvalue weighted by molar-refractivity contribution is 0.682. The Bertz CT molecular complexity index is 928. The minimum absolute atomic E-state index is 0.726. The van der Waals surface area contributed by atoms with Crippen LogP contribution in [-0.4, -0.2) is 13.2 Å². The second-order valence-electron chi connectivity index (χ2n) is 4.89. The molecule has 4 rings (SSSR count). The smallest absolute Gasteiger partial charge is 0.160 e.